The highest BCUT2D eigenvalue weighted by Gasteiger charge is 2.27. The zero-order chi connectivity index (χ0) is 26.7. The molecule has 5 rings (SSSR count). The van der Waals surface area contributed by atoms with Crippen LogP contribution >= 0.6 is 0 Å². The van der Waals surface area contributed by atoms with Gasteiger partial charge >= 0.3 is 0 Å². The quantitative estimate of drug-likeness (QED) is 0.359. The van der Waals surface area contributed by atoms with Gasteiger partial charge in [-0.3, -0.25) is 4.79 Å². The summed E-state index contributed by atoms with van der Waals surface area (Å²) >= 11 is 0. The second-order valence-electron chi connectivity index (χ2n) is 9.60. The minimum absolute atomic E-state index is 0.0330. The summed E-state index contributed by atoms with van der Waals surface area (Å²) in [5.41, 5.74) is 3.84. The molecule has 8 nitrogen and oxygen atoms in total. The molecule has 0 radical (unpaired) electrons. The minimum Gasteiger partial charge on any atom is -0.356 e. The molecule has 0 spiro atoms. The van der Waals surface area contributed by atoms with E-state index in [4.69, 9.17) is 10.1 Å². The van der Waals surface area contributed by atoms with Crippen LogP contribution in [0.5, 0.6) is 0 Å². The van der Waals surface area contributed by atoms with Crippen molar-refractivity contribution in [2.75, 3.05) is 24.5 Å². The standard InChI is InChI=1S/C28H30FN5O3S/c29-23-9-5-21(6-10-23)19-34-26-4-2-1-3-25(26)32-28(34)33-17-14-22(15-18-33)27(35)31-16-13-20-7-11-24(12-8-20)38(30,36)37/h1-12,22H,13-19H2,(H,31,35)(H2,30,36,37). The molecule has 0 aliphatic carbocycles. The predicted octanol–water partition coefficient (Wildman–Crippen LogP) is 3.45. The van der Waals surface area contributed by atoms with Crippen LogP contribution in [0.25, 0.3) is 11.0 Å². The third-order valence-corrected chi connectivity index (χ3v) is 7.93. The van der Waals surface area contributed by atoms with Gasteiger partial charge in [0.05, 0.1) is 22.5 Å². The maximum Gasteiger partial charge on any atom is 0.238 e. The molecule has 3 N–H and O–H groups in total. The lowest BCUT2D eigenvalue weighted by molar-refractivity contribution is -0.125. The average molecular weight is 536 g/mol. The van der Waals surface area contributed by atoms with Crippen LogP contribution in [-0.4, -0.2) is 43.5 Å². The molecule has 38 heavy (non-hydrogen) atoms. The second kappa shape index (κ2) is 10.9. The van der Waals surface area contributed by atoms with Crippen LogP contribution in [0.3, 0.4) is 0 Å². The van der Waals surface area contributed by atoms with Gasteiger partial charge in [-0.15, -0.1) is 0 Å². The van der Waals surface area contributed by atoms with Gasteiger partial charge in [0.2, 0.25) is 21.9 Å². The van der Waals surface area contributed by atoms with Gasteiger partial charge < -0.3 is 14.8 Å². The van der Waals surface area contributed by atoms with Gasteiger partial charge in [-0.2, -0.15) is 0 Å². The number of anilines is 1. The summed E-state index contributed by atoms with van der Waals surface area (Å²) in [7, 11) is -3.71. The molecule has 198 valence electrons. The van der Waals surface area contributed by atoms with Gasteiger partial charge in [-0.1, -0.05) is 36.4 Å². The highest BCUT2D eigenvalue weighted by molar-refractivity contribution is 7.89. The molecule has 1 aromatic heterocycles. The van der Waals surface area contributed by atoms with E-state index in [1.807, 2.05) is 24.3 Å². The fraction of sp³-hybridized carbons (Fsp3) is 0.286. The van der Waals surface area contributed by atoms with E-state index in [2.05, 4.69) is 14.8 Å². The van der Waals surface area contributed by atoms with Crippen molar-refractivity contribution >= 4 is 32.9 Å². The van der Waals surface area contributed by atoms with Crippen LogP contribution in [0.4, 0.5) is 10.3 Å². The van der Waals surface area contributed by atoms with Crippen LogP contribution in [0.2, 0.25) is 0 Å². The molecular weight excluding hydrogens is 505 g/mol. The normalized spacial score (nSPS) is 14.6. The van der Waals surface area contributed by atoms with Crippen molar-refractivity contribution in [2.45, 2.75) is 30.7 Å². The van der Waals surface area contributed by atoms with Crippen molar-refractivity contribution in [3.05, 3.63) is 89.7 Å². The number of aromatic nitrogens is 2. The molecule has 1 aliphatic heterocycles. The number of sulfonamides is 1. The number of nitrogens with one attached hydrogen (secondary N) is 1. The predicted molar refractivity (Wildman–Crippen MR) is 145 cm³/mol. The first-order chi connectivity index (χ1) is 18.3. The molecule has 1 saturated heterocycles. The number of hydrogen-bond acceptors (Lipinski definition) is 5. The van der Waals surface area contributed by atoms with E-state index in [9.17, 15) is 17.6 Å². The summed E-state index contributed by atoms with van der Waals surface area (Å²) in [6.07, 6.45) is 2.03. The molecule has 1 amide bonds. The first-order valence-electron chi connectivity index (χ1n) is 12.6. The largest absolute Gasteiger partial charge is 0.356 e. The Morgan fingerprint density at radius 3 is 2.32 bits per heavy atom. The lowest BCUT2D eigenvalue weighted by Crippen LogP contribution is -2.42. The van der Waals surface area contributed by atoms with Crippen LogP contribution in [0, 0.1) is 11.7 Å². The molecule has 0 bridgehead atoms. The molecule has 1 fully saturated rings. The number of imidazole rings is 1. The Morgan fingerprint density at radius 2 is 1.63 bits per heavy atom. The summed E-state index contributed by atoms with van der Waals surface area (Å²) in [6, 6.07) is 20.9. The molecule has 4 aromatic rings. The first kappa shape index (κ1) is 25.9. The molecule has 1 aliphatic rings. The Hall–Kier alpha value is -3.76. The number of halogens is 1. The van der Waals surface area contributed by atoms with Crippen molar-refractivity contribution in [1.82, 2.24) is 14.9 Å². The molecule has 3 aromatic carbocycles. The zero-order valence-electron chi connectivity index (χ0n) is 20.9. The van der Waals surface area contributed by atoms with Gasteiger partial charge in [0.1, 0.15) is 5.82 Å². The molecular formula is C28H30FN5O3S. The van der Waals surface area contributed by atoms with E-state index in [-0.39, 0.29) is 22.5 Å². The minimum atomic E-state index is -3.71. The van der Waals surface area contributed by atoms with Crippen molar-refractivity contribution in [2.24, 2.45) is 11.1 Å². The van der Waals surface area contributed by atoms with Crippen LogP contribution in [0.15, 0.2) is 77.7 Å². The van der Waals surface area contributed by atoms with Crippen molar-refractivity contribution in [3.63, 3.8) is 0 Å². The zero-order valence-corrected chi connectivity index (χ0v) is 21.7. The maximum atomic E-state index is 13.4. The topological polar surface area (TPSA) is 110 Å². The van der Waals surface area contributed by atoms with E-state index in [1.165, 1.54) is 24.3 Å². The number of hydrogen-bond donors (Lipinski definition) is 2. The second-order valence-corrected chi connectivity index (χ2v) is 11.2. The van der Waals surface area contributed by atoms with Gasteiger partial charge in [0, 0.05) is 25.6 Å². The number of amides is 1. The highest BCUT2D eigenvalue weighted by Crippen LogP contribution is 2.28. The van der Waals surface area contributed by atoms with Crippen LogP contribution < -0.4 is 15.4 Å². The fourth-order valence-electron chi connectivity index (χ4n) is 4.89. The monoisotopic (exact) mass is 535 g/mol. The number of carbonyl (C=O) groups excluding carboxylic acids is 1. The van der Waals surface area contributed by atoms with Crippen molar-refractivity contribution < 1.29 is 17.6 Å². The van der Waals surface area contributed by atoms with E-state index in [0.717, 1.165) is 28.1 Å². The summed E-state index contributed by atoms with van der Waals surface area (Å²) < 4.78 is 38.4. The number of nitrogens with two attached hydrogens (primary N) is 1. The molecule has 0 atom stereocenters. The Balaban J connectivity index is 1.19. The number of nitrogens with zero attached hydrogens (tertiary/aromatic N) is 3. The Kier molecular flexibility index (Phi) is 7.44. The van der Waals surface area contributed by atoms with Crippen LogP contribution in [0.1, 0.15) is 24.0 Å². The SMILES string of the molecule is NS(=O)(=O)c1ccc(CCNC(=O)C2CCN(c3nc4ccccc4n3Cc3ccc(F)cc3)CC2)cc1. The summed E-state index contributed by atoms with van der Waals surface area (Å²) in [5, 5.41) is 8.16. The van der Waals surface area contributed by atoms with E-state index >= 15 is 0 Å². The summed E-state index contributed by atoms with van der Waals surface area (Å²) in [6.45, 7) is 2.47. The number of benzene rings is 3. The third-order valence-electron chi connectivity index (χ3n) is 7.00. The third kappa shape index (κ3) is 5.87. The number of fused-ring (bicyclic) bond motifs is 1. The molecule has 0 saturated carbocycles. The molecule has 10 heteroatoms. The number of primary sulfonamides is 1. The Morgan fingerprint density at radius 1 is 0.974 bits per heavy atom. The van der Waals surface area contributed by atoms with Crippen molar-refractivity contribution in [3.8, 4) is 0 Å². The van der Waals surface area contributed by atoms with Crippen molar-refractivity contribution in [1.29, 1.82) is 0 Å². The summed E-state index contributed by atoms with van der Waals surface area (Å²) in [5.74, 6) is 0.554. The first-order valence-corrected chi connectivity index (χ1v) is 14.2. The lowest BCUT2D eigenvalue weighted by Gasteiger charge is -2.32. The summed E-state index contributed by atoms with van der Waals surface area (Å²) in [4.78, 5) is 20.0. The molecule has 2 heterocycles. The van der Waals surface area contributed by atoms with Gasteiger partial charge in [0.25, 0.3) is 0 Å². The Bertz CT molecular complexity index is 1530. The van der Waals surface area contributed by atoms with Gasteiger partial charge in [-0.25, -0.2) is 22.9 Å². The van der Waals surface area contributed by atoms with E-state index in [1.54, 1.807) is 24.3 Å². The highest BCUT2D eigenvalue weighted by atomic mass is 32.2. The number of rotatable bonds is 8. The Labute approximate surface area is 221 Å². The number of para-hydroxylation sites is 2. The van der Waals surface area contributed by atoms with E-state index in [0.29, 0.717) is 45.4 Å². The lowest BCUT2D eigenvalue weighted by atomic mass is 9.96. The smallest absolute Gasteiger partial charge is 0.238 e. The van der Waals surface area contributed by atoms with Gasteiger partial charge in [-0.05, 0) is 66.8 Å². The fourth-order valence-corrected chi connectivity index (χ4v) is 5.41. The van der Waals surface area contributed by atoms with Gasteiger partial charge in [0.15, 0.2) is 0 Å². The number of piperidine rings is 1. The molecule has 0 unspecified atom stereocenters. The average Bonchev–Trinajstić information content (AvgIpc) is 3.28. The number of carbonyl (C=O) groups is 1. The van der Waals surface area contributed by atoms with Crippen LogP contribution in [-0.2, 0) is 27.8 Å². The van der Waals surface area contributed by atoms with E-state index < -0.39 is 10.0 Å². The maximum absolute atomic E-state index is 13.4.